The van der Waals surface area contributed by atoms with E-state index >= 15 is 0 Å². The second kappa shape index (κ2) is 8.53. The first-order valence-corrected chi connectivity index (χ1v) is 9.24. The lowest BCUT2D eigenvalue weighted by Gasteiger charge is -2.19. The fourth-order valence-electron chi connectivity index (χ4n) is 2.14. The minimum atomic E-state index is -0.508. The zero-order chi connectivity index (χ0) is 18.6. The quantitative estimate of drug-likeness (QED) is 0.507. The van der Waals surface area contributed by atoms with Crippen LogP contribution in [0.5, 0.6) is 5.75 Å². The number of amides is 2. The topological polar surface area (TPSA) is 72.9 Å². The van der Waals surface area contributed by atoms with E-state index in [4.69, 9.17) is 4.74 Å². The molecule has 1 aromatic rings. The zero-order valence-corrected chi connectivity index (χ0v) is 16.5. The molecule has 25 heavy (non-hydrogen) atoms. The normalized spacial score (nSPS) is 17.1. The Kier molecular flexibility index (Phi) is 6.66. The zero-order valence-electron chi connectivity index (χ0n) is 14.1. The van der Waals surface area contributed by atoms with E-state index in [0.29, 0.717) is 22.6 Å². The van der Waals surface area contributed by atoms with Gasteiger partial charge in [-0.2, -0.15) is 0 Å². The molecule has 6 nitrogen and oxygen atoms in total. The molecule has 0 aliphatic carbocycles. The minimum Gasteiger partial charge on any atom is -0.481 e. The Hall–Kier alpha value is -1.80. The largest absolute Gasteiger partial charge is 0.481 e. The van der Waals surface area contributed by atoms with Crippen LogP contribution in [0.3, 0.4) is 0 Å². The van der Waals surface area contributed by atoms with Crippen LogP contribution in [-0.4, -0.2) is 41.8 Å². The molecule has 0 spiro atoms. The molecule has 1 aliphatic heterocycles. The summed E-state index contributed by atoms with van der Waals surface area (Å²) in [5.74, 6) is -0.404. The summed E-state index contributed by atoms with van der Waals surface area (Å²) in [4.78, 5) is 37.5. The Labute approximate surface area is 158 Å². The van der Waals surface area contributed by atoms with E-state index in [9.17, 15) is 14.4 Å². The molecule has 2 rings (SSSR count). The summed E-state index contributed by atoms with van der Waals surface area (Å²) >= 11 is 4.27. The second-order valence-electron chi connectivity index (χ2n) is 5.36. The minimum absolute atomic E-state index is 0.157. The van der Waals surface area contributed by atoms with Gasteiger partial charge in [-0.3, -0.25) is 14.5 Å². The van der Waals surface area contributed by atoms with Crippen molar-refractivity contribution in [3.63, 3.8) is 0 Å². The molecule has 0 N–H and O–H groups in total. The number of rotatable bonds is 6. The van der Waals surface area contributed by atoms with Crippen molar-refractivity contribution in [1.82, 2.24) is 4.90 Å². The molecule has 0 bridgehead atoms. The smallest absolute Gasteiger partial charge is 0.343 e. The van der Waals surface area contributed by atoms with Gasteiger partial charge >= 0.3 is 5.97 Å². The number of methoxy groups -OCH3 is 1. The van der Waals surface area contributed by atoms with Crippen LogP contribution < -0.4 is 4.74 Å². The molecule has 1 fully saturated rings. The van der Waals surface area contributed by atoms with E-state index in [1.807, 2.05) is 13.8 Å². The van der Waals surface area contributed by atoms with Crippen molar-refractivity contribution in [2.75, 3.05) is 13.7 Å². The van der Waals surface area contributed by atoms with Crippen LogP contribution in [0.25, 0.3) is 6.08 Å². The summed E-state index contributed by atoms with van der Waals surface area (Å²) in [6.07, 6.45) is 2.29. The summed E-state index contributed by atoms with van der Waals surface area (Å²) in [7, 11) is 1.28. The molecule has 1 aromatic carbocycles. The average molecular weight is 428 g/mol. The first-order chi connectivity index (χ1) is 11.9. The van der Waals surface area contributed by atoms with Gasteiger partial charge < -0.3 is 9.47 Å². The van der Waals surface area contributed by atoms with Gasteiger partial charge in [-0.15, -0.1) is 0 Å². The van der Waals surface area contributed by atoms with Gasteiger partial charge in [0.1, 0.15) is 5.75 Å². The first-order valence-electron chi connectivity index (χ1n) is 7.63. The fraction of sp³-hybridized carbons (Fsp3) is 0.353. The van der Waals surface area contributed by atoms with Crippen molar-refractivity contribution in [1.29, 1.82) is 0 Å². The highest BCUT2D eigenvalue weighted by Gasteiger charge is 2.37. The molecule has 1 atom stereocenters. The SMILES string of the molecule is CCC(C)N1C(=O)S/C(=C/c2cc(Br)ccc2OCC(=O)OC)C1=O. The number of benzene rings is 1. The van der Waals surface area contributed by atoms with Crippen LogP contribution in [0.15, 0.2) is 27.6 Å². The number of nitrogens with zero attached hydrogens (tertiary/aromatic N) is 1. The maximum atomic E-state index is 12.5. The Morgan fingerprint density at radius 2 is 2.12 bits per heavy atom. The lowest BCUT2D eigenvalue weighted by Crippen LogP contribution is -2.36. The summed E-state index contributed by atoms with van der Waals surface area (Å²) in [6.45, 7) is 3.52. The average Bonchev–Trinajstić information content (AvgIpc) is 2.86. The highest BCUT2D eigenvalue weighted by atomic mass is 79.9. The van der Waals surface area contributed by atoms with Crippen LogP contribution >= 0.6 is 27.7 Å². The van der Waals surface area contributed by atoms with Gasteiger partial charge in [0.25, 0.3) is 11.1 Å². The molecular formula is C17H18BrNO5S. The van der Waals surface area contributed by atoms with Gasteiger partial charge in [-0.1, -0.05) is 22.9 Å². The molecule has 0 saturated carbocycles. The van der Waals surface area contributed by atoms with E-state index < -0.39 is 5.97 Å². The predicted octanol–water partition coefficient (Wildman–Crippen LogP) is 3.84. The van der Waals surface area contributed by atoms with E-state index in [1.54, 1.807) is 24.3 Å². The van der Waals surface area contributed by atoms with Gasteiger partial charge in [-0.25, -0.2) is 4.79 Å². The lowest BCUT2D eigenvalue weighted by molar-refractivity contribution is -0.142. The summed E-state index contributed by atoms with van der Waals surface area (Å²) in [5.41, 5.74) is 0.591. The Morgan fingerprint density at radius 3 is 2.76 bits per heavy atom. The number of carbonyl (C=O) groups excluding carboxylic acids is 3. The Bertz CT molecular complexity index is 734. The Balaban J connectivity index is 2.30. The summed E-state index contributed by atoms with van der Waals surface area (Å²) in [6, 6.07) is 5.03. The number of thioether (sulfide) groups is 1. The molecule has 0 radical (unpaired) electrons. The van der Waals surface area contributed by atoms with Gasteiger partial charge in [0, 0.05) is 16.1 Å². The van der Waals surface area contributed by atoms with Crippen molar-refractivity contribution in [3.05, 3.63) is 33.1 Å². The van der Waals surface area contributed by atoms with Crippen LogP contribution in [0.1, 0.15) is 25.8 Å². The highest BCUT2D eigenvalue weighted by molar-refractivity contribution is 9.10. The van der Waals surface area contributed by atoms with Crippen molar-refractivity contribution >= 4 is 50.9 Å². The monoisotopic (exact) mass is 427 g/mol. The van der Waals surface area contributed by atoms with E-state index in [2.05, 4.69) is 20.7 Å². The molecule has 1 unspecified atom stereocenters. The van der Waals surface area contributed by atoms with Crippen LogP contribution in [0.2, 0.25) is 0 Å². The number of esters is 1. The number of imide groups is 1. The van der Waals surface area contributed by atoms with Crippen LogP contribution in [0.4, 0.5) is 4.79 Å². The van der Waals surface area contributed by atoms with Crippen molar-refractivity contribution in [2.24, 2.45) is 0 Å². The van der Waals surface area contributed by atoms with Gasteiger partial charge in [0.05, 0.1) is 12.0 Å². The predicted molar refractivity (Wildman–Crippen MR) is 99.2 cm³/mol. The van der Waals surface area contributed by atoms with Crippen LogP contribution in [0, 0.1) is 0 Å². The van der Waals surface area contributed by atoms with Gasteiger partial charge in [0.2, 0.25) is 0 Å². The van der Waals surface area contributed by atoms with E-state index in [1.165, 1.54) is 12.0 Å². The summed E-state index contributed by atoms with van der Waals surface area (Å²) in [5, 5.41) is -0.280. The number of ether oxygens (including phenoxy) is 2. The molecule has 1 saturated heterocycles. The van der Waals surface area contributed by atoms with Crippen molar-refractivity contribution in [3.8, 4) is 5.75 Å². The molecule has 1 heterocycles. The maximum Gasteiger partial charge on any atom is 0.343 e. The number of halogens is 1. The standard InChI is InChI=1S/C17H18BrNO5S/c1-4-10(2)19-16(21)14(25-17(19)22)8-11-7-12(18)5-6-13(11)24-9-15(20)23-3/h5-8,10H,4,9H2,1-3H3/b14-8+. The number of carbonyl (C=O) groups is 3. The third-order valence-electron chi connectivity index (χ3n) is 3.69. The number of hydrogen-bond donors (Lipinski definition) is 0. The van der Waals surface area contributed by atoms with E-state index in [-0.39, 0.29) is 23.8 Å². The maximum absolute atomic E-state index is 12.5. The Morgan fingerprint density at radius 1 is 1.40 bits per heavy atom. The van der Waals surface area contributed by atoms with Gasteiger partial charge in [-0.05, 0) is 49.4 Å². The molecule has 0 aromatic heterocycles. The molecule has 134 valence electrons. The third kappa shape index (κ3) is 4.64. The van der Waals surface area contributed by atoms with Gasteiger partial charge in [0.15, 0.2) is 6.61 Å². The van der Waals surface area contributed by atoms with Crippen molar-refractivity contribution in [2.45, 2.75) is 26.3 Å². The molecule has 1 aliphatic rings. The first kappa shape index (κ1) is 19.5. The second-order valence-corrected chi connectivity index (χ2v) is 7.26. The van der Waals surface area contributed by atoms with E-state index in [0.717, 1.165) is 16.2 Å². The molecule has 8 heteroatoms. The fourth-order valence-corrected chi connectivity index (χ4v) is 3.44. The van der Waals surface area contributed by atoms with Crippen molar-refractivity contribution < 1.29 is 23.9 Å². The summed E-state index contributed by atoms with van der Waals surface area (Å²) < 4.78 is 10.8. The number of hydrogen-bond acceptors (Lipinski definition) is 6. The molecular weight excluding hydrogens is 410 g/mol. The van der Waals surface area contributed by atoms with Crippen LogP contribution in [-0.2, 0) is 14.3 Å². The third-order valence-corrected chi connectivity index (χ3v) is 5.06. The highest BCUT2D eigenvalue weighted by Crippen LogP contribution is 2.36. The lowest BCUT2D eigenvalue weighted by atomic mass is 10.1. The molecule has 2 amide bonds.